The fourth-order valence-electron chi connectivity index (χ4n) is 2.31. The summed E-state index contributed by atoms with van der Waals surface area (Å²) < 4.78 is 0. The second-order valence-electron chi connectivity index (χ2n) is 4.76. The highest BCUT2D eigenvalue weighted by Crippen LogP contribution is 2.45. The minimum absolute atomic E-state index is 0.530. The van der Waals surface area contributed by atoms with E-state index in [4.69, 9.17) is 0 Å². The van der Waals surface area contributed by atoms with Gasteiger partial charge in [0.2, 0.25) is 0 Å². The van der Waals surface area contributed by atoms with Gasteiger partial charge in [-0.1, -0.05) is 54.1 Å². The van der Waals surface area contributed by atoms with Crippen LogP contribution in [-0.2, 0) is 0 Å². The lowest BCUT2D eigenvalue weighted by atomic mass is 10.0. The second kappa shape index (κ2) is 4.66. The summed E-state index contributed by atoms with van der Waals surface area (Å²) in [5, 5.41) is 0.530. The minimum Gasteiger partial charge on any atom is -0.118 e. The summed E-state index contributed by atoms with van der Waals surface area (Å²) in [6.07, 6.45) is 2.31. The molecule has 0 radical (unpaired) electrons. The molecule has 90 valence electrons. The van der Waals surface area contributed by atoms with Gasteiger partial charge in [-0.25, -0.2) is 0 Å². The molecule has 1 aliphatic heterocycles. The first-order valence-electron chi connectivity index (χ1n) is 6.28. The third kappa shape index (κ3) is 2.11. The molecule has 0 fully saturated rings. The van der Waals surface area contributed by atoms with Crippen molar-refractivity contribution in [1.82, 2.24) is 0 Å². The third-order valence-corrected chi connectivity index (χ3v) is 4.58. The molecule has 1 heterocycles. The number of hydrogen-bond acceptors (Lipinski definition) is 1. The summed E-state index contributed by atoms with van der Waals surface area (Å²) in [4.78, 5) is 1.38. The van der Waals surface area contributed by atoms with Crippen LogP contribution in [0.2, 0.25) is 0 Å². The average Bonchev–Trinajstić information content (AvgIpc) is 2.39. The molecule has 3 rings (SSSR count). The molecule has 0 saturated heterocycles. The van der Waals surface area contributed by atoms with Gasteiger partial charge in [-0.05, 0) is 36.6 Å². The Morgan fingerprint density at radius 3 is 2.44 bits per heavy atom. The van der Waals surface area contributed by atoms with Crippen LogP contribution in [0.5, 0.6) is 0 Å². The fraction of sp³-hybridized carbons (Fsp3) is 0.176. The van der Waals surface area contributed by atoms with Gasteiger partial charge in [0, 0.05) is 10.2 Å². The number of fused-ring (bicyclic) bond motifs is 1. The van der Waals surface area contributed by atoms with Crippen LogP contribution in [-0.4, -0.2) is 0 Å². The van der Waals surface area contributed by atoms with Crippen LogP contribution in [0.25, 0.3) is 11.0 Å². The Labute approximate surface area is 113 Å². The summed E-state index contributed by atoms with van der Waals surface area (Å²) >= 11 is 1.95. The normalized spacial score (nSPS) is 18.1. The second-order valence-corrected chi connectivity index (χ2v) is 6.15. The molecule has 0 nitrogen and oxygen atoms in total. The van der Waals surface area contributed by atoms with Gasteiger partial charge in [0.15, 0.2) is 0 Å². The van der Waals surface area contributed by atoms with Crippen molar-refractivity contribution in [2.75, 3.05) is 0 Å². The van der Waals surface area contributed by atoms with Crippen molar-refractivity contribution in [3.05, 3.63) is 70.8 Å². The van der Waals surface area contributed by atoms with Crippen molar-refractivity contribution in [2.45, 2.75) is 19.1 Å². The van der Waals surface area contributed by atoms with Crippen LogP contribution in [0, 0.1) is 6.92 Å². The highest BCUT2D eigenvalue weighted by atomic mass is 32.2. The maximum atomic E-state index is 2.31. The first-order chi connectivity index (χ1) is 8.74. The largest absolute Gasteiger partial charge is 0.118 e. The molecule has 1 unspecified atom stereocenters. The number of aryl methyl sites for hydroxylation is 1. The first kappa shape index (κ1) is 11.6. The van der Waals surface area contributed by atoms with Crippen molar-refractivity contribution >= 4 is 22.7 Å². The van der Waals surface area contributed by atoms with Crippen molar-refractivity contribution < 1.29 is 0 Å². The Kier molecular flexibility index (Phi) is 3.00. The molecule has 0 aliphatic carbocycles. The monoisotopic (exact) mass is 252 g/mol. The minimum atomic E-state index is 0.530. The van der Waals surface area contributed by atoms with E-state index in [-0.39, 0.29) is 0 Å². The summed E-state index contributed by atoms with van der Waals surface area (Å²) in [5.41, 5.74) is 5.44. The molecular formula is C17H16S. The van der Waals surface area contributed by atoms with Gasteiger partial charge in [0.05, 0.1) is 0 Å². The summed E-state index contributed by atoms with van der Waals surface area (Å²) in [7, 11) is 0. The quantitative estimate of drug-likeness (QED) is 0.663. The maximum Gasteiger partial charge on any atom is 0.0322 e. The van der Waals surface area contributed by atoms with Crippen molar-refractivity contribution in [3.63, 3.8) is 0 Å². The lowest BCUT2D eigenvalue weighted by Crippen LogP contribution is -1.98. The Balaban J connectivity index is 2.05. The topological polar surface area (TPSA) is 0 Å². The van der Waals surface area contributed by atoms with E-state index in [1.54, 1.807) is 0 Å². The predicted octanol–water partition coefficient (Wildman–Crippen LogP) is 5.30. The van der Waals surface area contributed by atoms with Gasteiger partial charge < -0.3 is 0 Å². The van der Waals surface area contributed by atoms with Crippen molar-refractivity contribution in [2.24, 2.45) is 0 Å². The molecule has 0 amide bonds. The SMILES string of the molecule is Cc1ccc(C2=Cc3ccccc3C(C)S2)cc1. The van der Waals surface area contributed by atoms with Crippen molar-refractivity contribution in [3.8, 4) is 0 Å². The van der Waals surface area contributed by atoms with Gasteiger partial charge >= 0.3 is 0 Å². The molecule has 0 bridgehead atoms. The smallest absolute Gasteiger partial charge is 0.0322 e. The highest BCUT2D eigenvalue weighted by molar-refractivity contribution is 8.08. The molecule has 1 aliphatic rings. The van der Waals surface area contributed by atoms with E-state index in [1.807, 2.05) is 11.8 Å². The van der Waals surface area contributed by atoms with E-state index in [0.717, 1.165) is 0 Å². The number of hydrogen-bond donors (Lipinski definition) is 0. The zero-order valence-corrected chi connectivity index (χ0v) is 11.5. The average molecular weight is 252 g/mol. The van der Waals surface area contributed by atoms with Gasteiger partial charge in [-0.15, -0.1) is 11.8 Å². The highest BCUT2D eigenvalue weighted by Gasteiger charge is 2.18. The summed E-state index contributed by atoms with van der Waals surface area (Å²) in [6.45, 7) is 4.41. The Bertz CT molecular complexity index is 593. The summed E-state index contributed by atoms with van der Waals surface area (Å²) in [5.74, 6) is 0. The van der Waals surface area contributed by atoms with E-state index >= 15 is 0 Å². The van der Waals surface area contributed by atoms with Crippen LogP contribution in [0.1, 0.15) is 34.4 Å². The van der Waals surface area contributed by atoms with E-state index in [2.05, 4.69) is 68.5 Å². The van der Waals surface area contributed by atoms with Crippen LogP contribution in [0.4, 0.5) is 0 Å². The van der Waals surface area contributed by atoms with Crippen LogP contribution < -0.4 is 0 Å². The molecule has 0 N–H and O–H groups in total. The fourth-order valence-corrected chi connectivity index (χ4v) is 3.50. The van der Waals surface area contributed by atoms with E-state index in [0.29, 0.717) is 5.25 Å². The number of thioether (sulfide) groups is 1. The van der Waals surface area contributed by atoms with Gasteiger partial charge in [0.25, 0.3) is 0 Å². The van der Waals surface area contributed by atoms with E-state index in [1.165, 1.54) is 27.2 Å². The molecule has 2 aromatic carbocycles. The third-order valence-electron chi connectivity index (χ3n) is 3.36. The lowest BCUT2D eigenvalue weighted by Gasteiger charge is -2.22. The van der Waals surface area contributed by atoms with E-state index < -0.39 is 0 Å². The molecule has 1 heteroatoms. The lowest BCUT2D eigenvalue weighted by molar-refractivity contribution is 1.10. The summed E-state index contributed by atoms with van der Waals surface area (Å²) in [6, 6.07) is 17.5. The van der Waals surface area contributed by atoms with Crippen LogP contribution >= 0.6 is 11.8 Å². The molecule has 0 spiro atoms. The Hall–Kier alpha value is -1.47. The maximum absolute atomic E-state index is 2.31. The van der Waals surface area contributed by atoms with E-state index in [9.17, 15) is 0 Å². The predicted molar refractivity (Wildman–Crippen MR) is 81.5 cm³/mol. The van der Waals surface area contributed by atoms with Gasteiger partial charge in [-0.2, -0.15) is 0 Å². The molecule has 2 aromatic rings. The van der Waals surface area contributed by atoms with Crippen LogP contribution in [0.3, 0.4) is 0 Å². The molecule has 0 saturated carbocycles. The van der Waals surface area contributed by atoms with Crippen LogP contribution in [0.15, 0.2) is 48.5 Å². The van der Waals surface area contributed by atoms with Gasteiger partial charge in [0.1, 0.15) is 0 Å². The van der Waals surface area contributed by atoms with Crippen molar-refractivity contribution in [1.29, 1.82) is 0 Å². The number of rotatable bonds is 1. The zero-order chi connectivity index (χ0) is 12.5. The molecule has 1 atom stereocenters. The molecule has 0 aromatic heterocycles. The molecular weight excluding hydrogens is 236 g/mol. The van der Waals surface area contributed by atoms with Gasteiger partial charge in [-0.3, -0.25) is 0 Å². The Morgan fingerprint density at radius 1 is 0.944 bits per heavy atom. The standard InChI is InChI=1S/C17H16S/c1-12-7-9-14(10-8-12)17-11-15-5-3-4-6-16(15)13(2)18-17/h3-11,13H,1-2H3. The zero-order valence-electron chi connectivity index (χ0n) is 10.7. The number of benzene rings is 2. The first-order valence-corrected chi connectivity index (χ1v) is 7.16. The molecule has 18 heavy (non-hydrogen) atoms. The Morgan fingerprint density at radius 2 is 1.67 bits per heavy atom.